The average molecular weight is 186 g/mol. The Morgan fingerprint density at radius 1 is 1.38 bits per heavy atom. The van der Waals surface area contributed by atoms with E-state index >= 15 is 0 Å². The minimum absolute atomic E-state index is 0.291. The molecule has 1 aliphatic heterocycles. The highest BCUT2D eigenvalue weighted by atomic mass is 16.5. The summed E-state index contributed by atoms with van der Waals surface area (Å²) < 4.78 is 5.27. The second kappa shape index (κ2) is 3.74. The quantitative estimate of drug-likeness (QED) is 0.553. The number of amides is 2. The van der Waals surface area contributed by atoms with Crippen LogP contribution in [-0.2, 0) is 14.3 Å². The van der Waals surface area contributed by atoms with E-state index in [1.54, 1.807) is 6.92 Å². The fourth-order valence-corrected chi connectivity index (χ4v) is 1.24. The van der Waals surface area contributed by atoms with Gasteiger partial charge in [0.25, 0.3) is 5.91 Å². The van der Waals surface area contributed by atoms with E-state index in [0.717, 1.165) is 6.42 Å². The topological polar surface area (TPSA) is 67.4 Å². The summed E-state index contributed by atoms with van der Waals surface area (Å²) in [4.78, 5) is 21.9. The summed E-state index contributed by atoms with van der Waals surface area (Å²) in [6.45, 7) is 3.65. The average Bonchev–Trinajstić information content (AvgIpc) is 2.49. The molecule has 0 aromatic rings. The molecule has 1 fully saturated rings. The number of ether oxygens (including phenoxy) is 1. The number of carbonyl (C=O) groups is 2. The SMILES string of the molecule is CC(=O)NNC(=O)C1(C)CCCO1. The molecule has 1 heterocycles. The third-order valence-electron chi connectivity index (χ3n) is 2.05. The molecule has 2 amide bonds. The van der Waals surface area contributed by atoms with Gasteiger partial charge in [-0.25, -0.2) is 0 Å². The summed E-state index contributed by atoms with van der Waals surface area (Å²) in [5.41, 5.74) is 3.75. The third-order valence-corrected chi connectivity index (χ3v) is 2.05. The van der Waals surface area contributed by atoms with Gasteiger partial charge in [0.05, 0.1) is 0 Å². The summed E-state index contributed by atoms with van der Waals surface area (Å²) in [5.74, 6) is -0.588. The highest BCUT2D eigenvalue weighted by Crippen LogP contribution is 2.24. The van der Waals surface area contributed by atoms with E-state index in [4.69, 9.17) is 4.74 Å². The molecule has 0 saturated carbocycles. The van der Waals surface area contributed by atoms with Crippen LogP contribution in [0.4, 0.5) is 0 Å². The van der Waals surface area contributed by atoms with Gasteiger partial charge in [-0.2, -0.15) is 0 Å². The number of hydrogen-bond acceptors (Lipinski definition) is 3. The van der Waals surface area contributed by atoms with Crippen LogP contribution in [0.3, 0.4) is 0 Å². The Bertz CT molecular complexity index is 221. The molecular formula is C8H14N2O3. The molecule has 13 heavy (non-hydrogen) atoms. The fourth-order valence-electron chi connectivity index (χ4n) is 1.24. The summed E-state index contributed by atoms with van der Waals surface area (Å²) in [6.07, 6.45) is 1.57. The first-order valence-corrected chi connectivity index (χ1v) is 4.25. The molecule has 1 saturated heterocycles. The van der Waals surface area contributed by atoms with Gasteiger partial charge in [0.2, 0.25) is 5.91 Å². The highest BCUT2D eigenvalue weighted by molar-refractivity contribution is 5.87. The summed E-state index contributed by atoms with van der Waals surface area (Å²) >= 11 is 0. The second-order valence-electron chi connectivity index (χ2n) is 3.32. The maximum Gasteiger partial charge on any atom is 0.270 e. The predicted octanol–water partition coefficient (Wildman–Crippen LogP) is -0.277. The van der Waals surface area contributed by atoms with Crippen molar-refractivity contribution in [1.82, 2.24) is 10.9 Å². The monoisotopic (exact) mass is 186 g/mol. The zero-order valence-corrected chi connectivity index (χ0v) is 7.85. The third kappa shape index (κ3) is 2.42. The van der Waals surface area contributed by atoms with E-state index in [2.05, 4.69) is 10.9 Å². The maximum absolute atomic E-state index is 11.4. The predicted molar refractivity (Wildman–Crippen MR) is 45.6 cm³/mol. The number of carbonyl (C=O) groups excluding carboxylic acids is 2. The van der Waals surface area contributed by atoms with E-state index in [-0.39, 0.29) is 11.8 Å². The van der Waals surface area contributed by atoms with Gasteiger partial charge in [-0.3, -0.25) is 20.4 Å². The van der Waals surface area contributed by atoms with Crippen molar-refractivity contribution >= 4 is 11.8 Å². The lowest BCUT2D eigenvalue weighted by Crippen LogP contribution is -2.51. The van der Waals surface area contributed by atoms with Gasteiger partial charge in [0.1, 0.15) is 5.60 Å². The normalized spacial score (nSPS) is 26.9. The second-order valence-corrected chi connectivity index (χ2v) is 3.32. The minimum atomic E-state index is -0.775. The number of rotatable bonds is 1. The van der Waals surface area contributed by atoms with Crippen molar-refractivity contribution in [3.05, 3.63) is 0 Å². The fraction of sp³-hybridized carbons (Fsp3) is 0.750. The van der Waals surface area contributed by atoms with Crippen molar-refractivity contribution in [1.29, 1.82) is 0 Å². The largest absolute Gasteiger partial charge is 0.365 e. The molecular weight excluding hydrogens is 172 g/mol. The standard InChI is InChI=1S/C8H14N2O3/c1-6(11)9-10-7(12)8(2)4-3-5-13-8/h3-5H2,1-2H3,(H,9,11)(H,10,12). The van der Waals surface area contributed by atoms with Gasteiger partial charge >= 0.3 is 0 Å². The van der Waals surface area contributed by atoms with Crippen LogP contribution in [0.1, 0.15) is 26.7 Å². The number of hydrazine groups is 1. The molecule has 5 heteroatoms. The summed E-state index contributed by atoms with van der Waals surface area (Å²) in [5, 5.41) is 0. The number of nitrogens with one attached hydrogen (secondary N) is 2. The Morgan fingerprint density at radius 2 is 2.08 bits per heavy atom. The first-order valence-electron chi connectivity index (χ1n) is 4.25. The van der Waals surface area contributed by atoms with Gasteiger partial charge in [0.15, 0.2) is 0 Å². The van der Waals surface area contributed by atoms with Crippen molar-refractivity contribution < 1.29 is 14.3 Å². The Hall–Kier alpha value is -1.10. The lowest BCUT2D eigenvalue weighted by atomic mass is 10.0. The van der Waals surface area contributed by atoms with Gasteiger partial charge in [0, 0.05) is 13.5 Å². The molecule has 1 unspecified atom stereocenters. The van der Waals surface area contributed by atoms with E-state index < -0.39 is 5.60 Å². The van der Waals surface area contributed by atoms with Crippen LogP contribution in [0, 0.1) is 0 Å². The smallest absolute Gasteiger partial charge is 0.270 e. The summed E-state index contributed by atoms with van der Waals surface area (Å²) in [6, 6.07) is 0. The molecule has 0 aromatic carbocycles. The molecule has 0 bridgehead atoms. The molecule has 1 aliphatic rings. The van der Waals surface area contributed by atoms with Crippen molar-refractivity contribution in [2.24, 2.45) is 0 Å². The van der Waals surface area contributed by atoms with Crippen LogP contribution in [0.25, 0.3) is 0 Å². The van der Waals surface area contributed by atoms with Gasteiger partial charge < -0.3 is 4.74 Å². The molecule has 0 spiro atoms. The zero-order chi connectivity index (χ0) is 9.90. The van der Waals surface area contributed by atoms with E-state index in [0.29, 0.717) is 13.0 Å². The van der Waals surface area contributed by atoms with Crippen LogP contribution in [0.2, 0.25) is 0 Å². The van der Waals surface area contributed by atoms with E-state index in [1.165, 1.54) is 6.92 Å². The zero-order valence-electron chi connectivity index (χ0n) is 7.85. The van der Waals surface area contributed by atoms with Crippen LogP contribution in [0.15, 0.2) is 0 Å². The maximum atomic E-state index is 11.4. The van der Waals surface area contributed by atoms with Crippen molar-refractivity contribution in [3.8, 4) is 0 Å². The molecule has 1 atom stereocenters. The Morgan fingerprint density at radius 3 is 2.54 bits per heavy atom. The van der Waals surface area contributed by atoms with Crippen LogP contribution < -0.4 is 10.9 Å². The van der Waals surface area contributed by atoms with Crippen LogP contribution in [0.5, 0.6) is 0 Å². The molecule has 5 nitrogen and oxygen atoms in total. The lowest BCUT2D eigenvalue weighted by Gasteiger charge is -2.21. The first-order chi connectivity index (χ1) is 6.04. The van der Waals surface area contributed by atoms with Gasteiger partial charge in [-0.15, -0.1) is 0 Å². The molecule has 0 aromatic heterocycles. The molecule has 0 radical (unpaired) electrons. The van der Waals surface area contributed by atoms with E-state index in [9.17, 15) is 9.59 Å². The van der Waals surface area contributed by atoms with Gasteiger partial charge in [-0.1, -0.05) is 0 Å². The Kier molecular flexibility index (Phi) is 2.87. The van der Waals surface area contributed by atoms with Gasteiger partial charge in [-0.05, 0) is 19.8 Å². The van der Waals surface area contributed by atoms with Crippen LogP contribution >= 0.6 is 0 Å². The molecule has 2 N–H and O–H groups in total. The van der Waals surface area contributed by atoms with E-state index in [1.807, 2.05) is 0 Å². The highest BCUT2D eigenvalue weighted by Gasteiger charge is 2.37. The Labute approximate surface area is 76.8 Å². The molecule has 74 valence electrons. The van der Waals surface area contributed by atoms with Crippen LogP contribution in [-0.4, -0.2) is 24.0 Å². The van der Waals surface area contributed by atoms with Crippen molar-refractivity contribution in [3.63, 3.8) is 0 Å². The first kappa shape index (κ1) is 9.98. The molecule has 1 rings (SSSR count). The Balaban J connectivity index is 2.42. The lowest BCUT2D eigenvalue weighted by molar-refractivity contribution is -0.142. The van der Waals surface area contributed by atoms with Crippen molar-refractivity contribution in [2.45, 2.75) is 32.3 Å². The summed E-state index contributed by atoms with van der Waals surface area (Å²) in [7, 11) is 0. The van der Waals surface area contributed by atoms with Crippen molar-refractivity contribution in [2.75, 3.05) is 6.61 Å². The molecule has 0 aliphatic carbocycles. The number of hydrogen-bond donors (Lipinski definition) is 2. The minimum Gasteiger partial charge on any atom is -0.365 e.